The van der Waals surface area contributed by atoms with Crippen LogP contribution in [0.15, 0.2) is 4.52 Å². The van der Waals surface area contributed by atoms with Gasteiger partial charge < -0.3 is 4.52 Å². The maximum Gasteiger partial charge on any atom is 0.232 e. The van der Waals surface area contributed by atoms with E-state index in [1.165, 1.54) is 11.5 Å². The zero-order chi connectivity index (χ0) is 18.1. The second-order valence-electron chi connectivity index (χ2n) is 8.64. The molecule has 0 saturated heterocycles. The standard InChI is InChI=1S/C18H30N4OS/c1-11(2)13-20-16(24-22-13)18(7,8)10-9-12(3)14-19-15(23-21-14)17(4,5)6/h11-12H,9-10H2,1-8H3. The first-order chi connectivity index (χ1) is 11.0. The van der Waals surface area contributed by atoms with Crippen molar-refractivity contribution < 1.29 is 4.52 Å². The zero-order valence-electron chi connectivity index (χ0n) is 16.2. The molecule has 6 heteroatoms. The SMILES string of the molecule is CC(C)c1nsc(C(C)(C)CCC(C)c2noc(C(C)(C)C)n2)n1. The van der Waals surface area contributed by atoms with Crippen LogP contribution in [0.3, 0.4) is 0 Å². The maximum atomic E-state index is 5.42. The van der Waals surface area contributed by atoms with Gasteiger partial charge in [0.15, 0.2) is 5.82 Å². The van der Waals surface area contributed by atoms with Crippen molar-refractivity contribution >= 4 is 11.5 Å². The number of nitrogens with zero attached hydrogens (tertiary/aromatic N) is 4. The van der Waals surface area contributed by atoms with Crippen LogP contribution in [0.1, 0.15) is 103 Å². The number of aromatic nitrogens is 4. The minimum Gasteiger partial charge on any atom is -0.339 e. The van der Waals surface area contributed by atoms with Gasteiger partial charge in [0.2, 0.25) is 5.89 Å². The first-order valence-electron chi connectivity index (χ1n) is 8.69. The third-order valence-electron chi connectivity index (χ3n) is 4.26. The van der Waals surface area contributed by atoms with Gasteiger partial charge in [0.05, 0.1) is 0 Å². The highest BCUT2D eigenvalue weighted by molar-refractivity contribution is 7.05. The van der Waals surface area contributed by atoms with E-state index in [0.29, 0.717) is 11.8 Å². The van der Waals surface area contributed by atoms with Gasteiger partial charge in [-0.1, -0.05) is 60.5 Å². The van der Waals surface area contributed by atoms with Gasteiger partial charge >= 0.3 is 0 Å². The lowest BCUT2D eigenvalue weighted by atomic mass is 9.85. The van der Waals surface area contributed by atoms with Crippen LogP contribution in [0.2, 0.25) is 0 Å². The summed E-state index contributed by atoms with van der Waals surface area (Å²) in [4.78, 5) is 9.31. The van der Waals surface area contributed by atoms with E-state index in [0.717, 1.165) is 29.5 Å². The molecule has 0 aliphatic carbocycles. The van der Waals surface area contributed by atoms with E-state index in [4.69, 9.17) is 9.51 Å². The molecule has 0 amide bonds. The molecule has 0 aliphatic heterocycles. The molecule has 0 bridgehead atoms. The minimum absolute atomic E-state index is 0.00958. The van der Waals surface area contributed by atoms with Crippen LogP contribution in [-0.2, 0) is 10.8 Å². The quantitative estimate of drug-likeness (QED) is 0.716. The van der Waals surface area contributed by atoms with E-state index >= 15 is 0 Å². The van der Waals surface area contributed by atoms with Gasteiger partial charge in [-0.3, -0.25) is 0 Å². The van der Waals surface area contributed by atoms with Gasteiger partial charge in [-0.05, 0) is 24.4 Å². The molecule has 0 spiro atoms. The molecule has 24 heavy (non-hydrogen) atoms. The van der Waals surface area contributed by atoms with Crippen LogP contribution in [0.5, 0.6) is 0 Å². The number of hydrogen-bond donors (Lipinski definition) is 0. The van der Waals surface area contributed by atoms with Crippen molar-refractivity contribution in [2.75, 3.05) is 0 Å². The Morgan fingerprint density at radius 1 is 1.00 bits per heavy atom. The highest BCUT2D eigenvalue weighted by Gasteiger charge is 2.28. The highest BCUT2D eigenvalue weighted by Crippen LogP contribution is 2.34. The third-order valence-corrected chi connectivity index (χ3v) is 5.36. The maximum absolute atomic E-state index is 5.42. The molecule has 5 nitrogen and oxygen atoms in total. The summed E-state index contributed by atoms with van der Waals surface area (Å²) < 4.78 is 9.90. The molecule has 2 aromatic heterocycles. The number of hydrogen-bond acceptors (Lipinski definition) is 6. The normalized spacial score (nSPS) is 14.4. The van der Waals surface area contributed by atoms with Gasteiger partial charge in [0.1, 0.15) is 10.8 Å². The van der Waals surface area contributed by atoms with Gasteiger partial charge in [0, 0.05) is 22.7 Å². The predicted octanol–water partition coefficient (Wildman–Crippen LogP) is 5.20. The highest BCUT2D eigenvalue weighted by atomic mass is 32.1. The van der Waals surface area contributed by atoms with Crippen molar-refractivity contribution in [3.8, 4) is 0 Å². The molecular weight excluding hydrogens is 320 g/mol. The van der Waals surface area contributed by atoms with Crippen molar-refractivity contribution in [3.63, 3.8) is 0 Å². The number of rotatable bonds is 6. The second kappa shape index (κ2) is 6.90. The summed E-state index contributed by atoms with van der Waals surface area (Å²) in [5, 5.41) is 5.28. The van der Waals surface area contributed by atoms with Crippen molar-refractivity contribution in [1.82, 2.24) is 19.5 Å². The van der Waals surface area contributed by atoms with Crippen LogP contribution < -0.4 is 0 Å². The lowest BCUT2D eigenvalue weighted by Gasteiger charge is -2.22. The Labute approximate surface area is 149 Å². The second-order valence-corrected chi connectivity index (χ2v) is 9.40. The average molecular weight is 351 g/mol. The fourth-order valence-corrected chi connectivity index (χ4v) is 3.21. The van der Waals surface area contributed by atoms with E-state index in [2.05, 4.69) is 69.9 Å². The Hall–Kier alpha value is -1.30. The molecular formula is C18H30N4OS. The van der Waals surface area contributed by atoms with Gasteiger partial charge in [-0.2, -0.15) is 9.36 Å². The summed E-state index contributed by atoms with van der Waals surface area (Å²) in [6.45, 7) is 17.1. The zero-order valence-corrected chi connectivity index (χ0v) is 17.0. The van der Waals surface area contributed by atoms with Crippen LogP contribution in [0.4, 0.5) is 0 Å². The molecule has 2 rings (SSSR count). The Bertz CT molecular complexity index is 667. The van der Waals surface area contributed by atoms with Crippen LogP contribution in [0.25, 0.3) is 0 Å². The fourth-order valence-electron chi connectivity index (χ4n) is 2.30. The van der Waals surface area contributed by atoms with Crippen LogP contribution >= 0.6 is 11.5 Å². The Kier molecular flexibility index (Phi) is 5.47. The summed E-state index contributed by atoms with van der Waals surface area (Å²) in [6, 6.07) is 0. The molecule has 0 radical (unpaired) electrons. The third kappa shape index (κ3) is 4.41. The van der Waals surface area contributed by atoms with Gasteiger partial charge in [0.25, 0.3) is 0 Å². The van der Waals surface area contributed by atoms with Crippen LogP contribution in [0, 0.1) is 0 Å². The largest absolute Gasteiger partial charge is 0.339 e. The summed E-state index contributed by atoms with van der Waals surface area (Å²) >= 11 is 1.53. The van der Waals surface area contributed by atoms with E-state index < -0.39 is 0 Å². The van der Waals surface area contributed by atoms with E-state index in [9.17, 15) is 0 Å². The Morgan fingerprint density at radius 3 is 2.17 bits per heavy atom. The van der Waals surface area contributed by atoms with E-state index in [1.54, 1.807) is 0 Å². The average Bonchev–Trinajstić information content (AvgIpc) is 3.13. The first-order valence-corrected chi connectivity index (χ1v) is 9.46. The molecule has 0 aromatic carbocycles. The van der Waals surface area contributed by atoms with E-state index in [1.807, 2.05) is 0 Å². The first kappa shape index (κ1) is 19.0. The molecule has 0 aliphatic rings. The summed E-state index contributed by atoms with van der Waals surface area (Å²) in [5.74, 6) is 3.09. The van der Waals surface area contributed by atoms with Gasteiger partial charge in [-0.25, -0.2) is 4.98 Å². The van der Waals surface area contributed by atoms with Crippen molar-refractivity contribution in [1.29, 1.82) is 0 Å². The summed E-state index contributed by atoms with van der Waals surface area (Å²) in [7, 11) is 0. The van der Waals surface area contributed by atoms with Gasteiger partial charge in [-0.15, -0.1) is 0 Å². The molecule has 134 valence electrons. The predicted molar refractivity (Wildman–Crippen MR) is 97.7 cm³/mol. The molecule has 2 heterocycles. The summed E-state index contributed by atoms with van der Waals surface area (Å²) in [6.07, 6.45) is 2.01. The lowest BCUT2D eigenvalue weighted by molar-refractivity contribution is 0.316. The molecule has 0 N–H and O–H groups in total. The lowest BCUT2D eigenvalue weighted by Crippen LogP contribution is -2.18. The molecule has 0 fully saturated rings. The van der Waals surface area contributed by atoms with Crippen molar-refractivity contribution in [2.24, 2.45) is 0 Å². The van der Waals surface area contributed by atoms with Crippen LogP contribution in [-0.4, -0.2) is 19.5 Å². The monoisotopic (exact) mass is 350 g/mol. The molecule has 1 atom stereocenters. The minimum atomic E-state index is -0.107. The molecule has 2 aromatic rings. The van der Waals surface area contributed by atoms with Crippen molar-refractivity contribution in [2.45, 2.75) is 90.9 Å². The smallest absolute Gasteiger partial charge is 0.232 e. The summed E-state index contributed by atoms with van der Waals surface area (Å²) in [5.41, 5.74) is -0.0975. The fraction of sp³-hybridized carbons (Fsp3) is 0.778. The topological polar surface area (TPSA) is 64.7 Å². The molecule has 0 saturated carbocycles. The Balaban J connectivity index is 2.01. The van der Waals surface area contributed by atoms with Crippen molar-refractivity contribution in [3.05, 3.63) is 22.5 Å². The molecule has 1 unspecified atom stereocenters. The Morgan fingerprint density at radius 2 is 1.67 bits per heavy atom. The van der Waals surface area contributed by atoms with E-state index in [-0.39, 0.29) is 16.7 Å².